The maximum Gasteiger partial charge on any atom is 0.150 e. The molecular formula is C16H22N4O. The fourth-order valence-electron chi connectivity index (χ4n) is 3.02. The van der Waals surface area contributed by atoms with E-state index in [1.54, 1.807) is 4.68 Å². The molecule has 5 heteroatoms. The molecule has 0 saturated heterocycles. The number of hydrogen-bond donors (Lipinski definition) is 2. The Labute approximate surface area is 124 Å². The largest absolute Gasteiger partial charge is 0.494 e. The average molecular weight is 286 g/mol. The topological polar surface area (TPSA) is 79.1 Å². The summed E-state index contributed by atoms with van der Waals surface area (Å²) in [5.74, 6) is 8.83. The summed E-state index contributed by atoms with van der Waals surface area (Å²) in [5, 5.41) is 0. The molecule has 1 aromatic carbocycles. The third-order valence-corrected chi connectivity index (χ3v) is 4.13. The second-order valence-electron chi connectivity index (χ2n) is 5.51. The summed E-state index contributed by atoms with van der Waals surface area (Å²) >= 11 is 0. The summed E-state index contributed by atoms with van der Waals surface area (Å²) in [7, 11) is 0. The first kappa shape index (κ1) is 13.8. The molecule has 0 radical (unpaired) electrons. The van der Waals surface area contributed by atoms with E-state index in [0.29, 0.717) is 18.3 Å². The third-order valence-electron chi connectivity index (χ3n) is 4.13. The monoisotopic (exact) mass is 286 g/mol. The molecule has 21 heavy (non-hydrogen) atoms. The van der Waals surface area contributed by atoms with E-state index < -0.39 is 0 Å². The van der Waals surface area contributed by atoms with Crippen molar-refractivity contribution in [3.63, 3.8) is 0 Å². The molecule has 1 aliphatic carbocycles. The molecule has 0 bridgehead atoms. The van der Waals surface area contributed by atoms with E-state index in [9.17, 15) is 0 Å². The van der Waals surface area contributed by atoms with Crippen LogP contribution < -0.4 is 16.3 Å². The van der Waals surface area contributed by atoms with Crippen LogP contribution >= 0.6 is 0 Å². The molecule has 0 spiro atoms. The zero-order valence-corrected chi connectivity index (χ0v) is 12.4. The highest BCUT2D eigenvalue weighted by atomic mass is 16.5. The summed E-state index contributed by atoms with van der Waals surface area (Å²) in [6.45, 7) is 2.63. The highest BCUT2D eigenvalue weighted by molar-refractivity contribution is 5.71. The number of nitrogens with zero attached hydrogens (tertiary/aromatic N) is 2. The minimum Gasteiger partial charge on any atom is -0.494 e. The van der Waals surface area contributed by atoms with E-state index in [-0.39, 0.29) is 0 Å². The second-order valence-corrected chi connectivity index (χ2v) is 5.51. The Bertz CT molecular complexity index is 612. The predicted octanol–water partition coefficient (Wildman–Crippen LogP) is 2.90. The van der Waals surface area contributed by atoms with Crippen molar-refractivity contribution in [2.45, 2.75) is 38.5 Å². The Hall–Kier alpha value is -2.17. The molecule has 0 unspecified atom stereocenters. The first-order valence-corrected chi connectivity index (χ1v) is 7.57. The summed E-state index contributed by atoms with van der Waals surface area (Å²) < 4.78 is 7.01. The molecule has 0 amide bonds. The van der Waals surface area contributed by atoms with Gasteiger partial charge in [0.25, 0.3) is 0 Å². The van der Waals surface area contributed by atoms with E-state index >= 15 is 0 Å². The number of benzene rings is 1. The van der Waals surface area contributed by atoms with Gasteiger partial charge in [-0.2, -0.15) is 0 Å². The lowest BCUT2D eigenvalue weighted by molar-refractivity contribution is 0.340. The summed E-state index contributed by atoms with van der Waals surface area (Å²) in [6, 6.07) is 7.82. The van der Waals surface area contributed by atoms with E-state index in [0.717, 1.165) is 35.7 Å². The maximum absolute atomic E-state index is 6.14. The number of imidazole rings is 1. The standard InChI is InChI=1S/C16H22N4O/c1-2-21-13-9-7-11(8-10-13)14-15(17)20(18)16(19-14)12-5-3-4-6-12/h7-10,12H,2-6,17-18H2,1H3. The molecule has 5 nitrogen and oxygen atoms in total. The van der Waals surface area contributed by atoms with Gasteiger partial charge in [0.05, 0.1) is 6.61 Å². The van der Waals surface area contributed by atoms with Crippen LogP contribution in [0, 0.1) is 0 Å². The highest BCUT2D eigenvalue weighted by Crippen LogP contribution is 2.36. The van der Waals surface area contributed by atoms with Crippen LogP contribution in [-0.4, -0.2) is 16.3 Å². The normalized spacial score (nSPS) is 15.5. The van der Waals surface area contributed by atoms with Crippen molar-refractivity contribution in [3.05, 3.63) is 30.1 Å². The minimum absolute atomic E-state index is 0.439. The summed E-state index contributed by atoms with van der Waals surface area (Å²) in [6.07, 6.45) is 4.79. The van der Waals surface area contributed by atoms with Crippen molar-refractivity contribution in [1.29, 1.82) is 0 Å². The van der Waals surface area contributed by atoms with Crippen LogP contribution in [0.5, 0.6) is 5.75 Å². The third kappa shape index (κ3) is 2.55. The fraction of sp³-hybridized carbons (Fsp3) is 0.438. The number of anilines is 1. The number of ether oxygens (including phenoxy) is 1. The molecule has 1 aliphatic rings. The lowest BCUT2D eigenvalue weighted by Gasteiger charge is -2.08. The first-order valence-electron chi connectivity index (χ1n) is 7.57. The van der Waals surface area contributed by atoms with Crippen LogP contribution in [-0.2, 0) is 0 Å². The molecule has 2 aromatic rings. The van der Waals surface area contributed by atoms with Gasteiger partial charge in [0, 0.05) is 11.5 Å². The first-order chi connectivity index (χ1) is 10.2. The number of rotatable bonds is 4. The van der Waals surface area contributed by atoms with Gasteiger partial charge in [0.15, 0.2) is 5.82 Å². The van der Waals surface area contributed by atoms with Gasteiger partial charge >= 0.3 is 0 Å². The maximum atomic E-state index is 6.14. The van der Waals surface area contributed by atoms with Crippen LogP contribution in [0.4, 0.5) is 5.82 Å². The number of hydrogen-bond acceptors (Lipinski definition) is 4. The van der Waals surface area contributed by atoms with Gasteiger partial charge in [-0.3, -0.25) is 0 Å². The Balaban J connectivity index is 1.92. The van der Waals surface area contributed by atoms with Crippen LogP contribution in [0.15, 0.2) is 24.3 Å². The van der Waals surface area contributed by atoms with Crippen molar-refractivity contribution in [1.82, 2.24) is 9.66 Å². The Morgan fingerprint density at radius 1 is 1.24 bits per heavy atom. The number of aromatic nitrogens is 2. The molecule has 1 aromatic heterocycles. The molecular weight excluding hydrogens is 264 g/mol. The molecule has 4 N–H and O–H groups in total. The van der Waals surface area contributed by atoms with Crippen molar-refractivity contribution in [2.75, 3.05) is 18.2 Å². The minimum atomic E-state index is 0.439. The van der Waals surface area contributed by atoms with E-state index in [2.05, 4.69) is 0 Å². The summed E-state index contributed by atoms with van der Waals surface area (Å²) in [4.78, 5) is 4.71. The van der Waals surface area contributed by atoms with E-state index in [4.69, 9.17) is 21.3 Å². The van der Waals surface area contributed by atoms with Gasteiger partial charge in [-0.15, -0.1) is 0 Å². The van der Waals surface area contributed by atoms with Gasteiger partial charge in [-0.05, 0) is 44.0 Å². The molecule has 0 aliphatic heterocycles. The van der Waals surface area contributed by atoms with E-state index in [1.807, 2.05) is 31.2 Å². The van der Waals surface area contributed by atoms with Crippen molar-refractivity contribution < 1.29 is 4.74 Å². The fourth-order valence-corrected chi connectivity index (χ4v) is 3.02. The van der Waals surface area contributed by atoms with Crippen LogP contribution in [0.1, 0.15) is 44.3 Å². The quantitative estimate of drug-likeness (QED) is 0.847. The number of nitrogen functional groups attached to an aromatic ring is 2. The van der Waals surface area contributed by atoms with Gasteiger partial charge in [-0.25, -0.2) is 9.66 Å². The Kier molecular flexibility index (Phi) is 3.73. The van der Waals surface area contributed by atoms with Gasteiger partial charge in [0.2, 0.25) is 0 Å². The van der Waals surface area contributed by atoms with Crippen molar-refractivity contribution in [3.8, 4) is 17.0 Å². The van der Waals surface area contributed by atoms with Crippen molar-refractivity contribution in [2.24, 2.45) is 0 Å². The van der Waals surface area contributed by atoms with Gasteiger partial charge in [0.1, 0.15) is 17.3 Å². The smallest absolute Gasteiger partial charge is 0.150 e. The van der Waals surface area contributed by atoms with Crippen LogP contribution in [0.25, 0.3) is 11.3 Å². The molecule has 1 saturated carbocycles. The highest BCUT2D eigenvalue weighted by Gasteiger charge is 2.24. The zero-order valence-electron chi connectivity index (χ0n) is 12.4. The molecule has 0 atom stereocenters. The van der Waals surface area contributed by atoms with Gasteiger partial charge in [-0.1, -0.05) is 12.8 Å². The van der Waals surface area contributed by atoms with Crippen LogP contribution in [0.3, 0.4) is 0 Å². The molecule has 112 valence electrons. The van der Waals surface area contributed by atoms with Crippen LogP contribution in [0.2, 0.25) is 0 Å². The SMILES string of the molecule is CCOc1ccc(-c2nc(C3CCCC3)n(N)c2N)cc1. The lowest BCUT2D eigenvalue weighted by Crippen LogP contribution is -2.17. The lowest BCUT2D eigenvalue weighted by atomic mass is 10.1. The molecule has 1 fully saturated rings. The Morgan fingerprint density at radius 3 is 2.52 bits per heavy atom. The molecule has 3 rings (SSSR count). The summed E-state index contributed by atoms with van der Waals surface area (Å²) in [5.41, 5.74) is 7.88. The average Bonchev–Trinajstić information content (AvgIpc) is 3.11. The molecule has 1 heterocycles. The Morgan fingerprint density at radius 2 is 1.90 bits per heavy atom. The second kappa shape index (κ2) is 5.68. The zero-order chi connectivity index (χ0) is 14.8. The predicted molar refractivity (Wildman–Crippen MR) is 84.6 cm³/mol. The number of nitrogens with two attached hydrogens (primary N) is 2. The van der Waals surface area contributed by atoms with E-state index in [1.165, 1.54) is 12.8 Å². The van der Waals surface area contributed by atoms with Gasteiger partial charge < -0.3 is 16.3 Å². The van der Waals surface area contributed by atoms with Crippen molar-refractivity contribution >= 4 is 5.82 Å².